The minimum absolute atomic E-state index is 0.554. The molecule has 10 rings (SSSR count). The fourth-order valence-corrected chi connectivity index (χ4v) is 7.07. The highest BCUT2D eigenvalue weighted by Gasteiger charge is 2.24. The summed E-state index contributed by atoms with van der Waals surface area (Å²) in [6, 6.07) is 53.6. The molecule has 0 atom stereocenters. The Labute approximate surface area is 287 Å². The van der Waals surface area contributed by atoms with Crippen molar-refractivity contribution in [2.75, 3.05) is 0 Å². The van der Waals surface area contributed by atoms with Gasteiger partial charge in [0.05, 0.1) is 16.7 Å². The minimum atomic E-state index is 0.554. The van der Waals surface area contributed by atoms with Gasteiger partial charge >= 0.3 is 0 Å². The first-order valence-electron chi connectivity index (χ1n) is 16.6. The summed E-state index contributed by atoms with van der Waals surface area (Å²) in [6.45, 7) is 0. The van der Waals surface area contributed by atoms with Gasteiger partial charge in [-0.2, -0.15) is 0 Å². The molecule has 234 valence electrons. The summed E-state index contributed by atoms with van der Waals surface area (Å²) in [5.74, 6) is 1.75. The van der Waals surface area contributed by atoms with E-state index in [4.69, 9.17) is 24.4 Å². The van der Waals surface area contributed by atoms with Crippen molar-refractivity contribution in [3.05, 3.63) is 164 Å². The zero-order chi connectivity index (χ0) is 33.0. The van der Waals surface area contributed by atoms with E-state index in [0.717, 1.165) is 72.0 Å². The Balaban J connectivity index is 1.33. The van der Waals surface area contributed by atoms with Crippen molar-refractivity contribution in [1.29, 1.82) is 0 Å². The molecule has 0 fully saturated rings. The van der Waals surface area contributed by atoms with Gasteiger partial charge in [0.1, 0.15) is 11.2 Å². The third-order valence-corrected chi connectivity index (χ3v) is 9.31. The highest BCUT2D eigenvalue weighted by atomic mass is 16.3. The molecule has 0 amide bonds. The van der Waals surface area contributed by atoms with E-state index >= 15 is 0 Å². The molecule has 0 unspecified atom stereocenters. The van der Waals surface area contributed by atoms with Crippen LogP contribution in [0.25, 0.3) is 94.9 Å². The fraction of sp³-hybridized carbons (Fsp3) is 0. The van der Waals surface area contributed by atoms with Crippen LogP contribution in [0.1, 0.15) is 0 Å². The normalized spacial score (nSPS) is 11.6. The SMILES string of the molecule is c1ccc(-c2nc(-c3ccccc3)nc(-c3c(-c4ccccn4)ccc4oc5cc6c(cc5c34)c3ccccc3n6-c3ccccc3)n2)cc1. The summed E-state index contributed by atoms with van der Waals surface area (Å²) in [6.07, 6.45) is 1.82. The van der Waals surface area contributed by atoms with Gasteiger partial charge in [-0.1, -0.05) is 103 Å². The van der Waals surface area contributed by atoms with Gasteiger partial charge in [0.2, 0.25) is 0 Å². The van der Waals surface area contributed by atoms with E-state index in [1.807, 2.05) is 97.2 Å². The van der Waals surface area contributed by atoms with E-state index in [1.165, 1.54) is 5.39 Å². The van der Waals surface area contributed by atoms with E-state index < -0.39 is 0 Å². The second-order valence-electron chi connectivity index (χ2n) is 12.3. The Morgan fingerprint density at radius 2 is 1.10 bits per heavy atom. The molecular weight excluding hydrogens is 615 g/mol. The molecule has 0 aliphatic heterocycles. The second-order valence-corrected chi connectivity index (χ2v) is 12.3. The summed E-state index contributed by atoms with van der Waals surface area (Å²) in [5, 5.41) is 4.23. The lowest BCUT2D eigenvalue weighted by Gasteiger charge is -2.13. The van der Waals surface area contributed by atoms with Crippen LogP contribution in [0, 0.1) is 0 Å². The van der Waals surface area contributed by atoms with Crippen molar-refractivity contribution in [3.63, 3.8) is 0 Å². The lowest BCUT2D eigenvalue weighted by molar-refractivity contribution is 0.669. The van der Waals surface area contributed by atoms with Crippen LogP contribution in [0.4, 0.5) is 0 Å². The number of benzene rings is 6. The van der Waals surface area contributed by atoms with Crippen molar-refractivity contribution in [1.82, 2.24) is 24.5 Å². The maximum Gasteiger partial charge on any atom is 0.165 e. The fourth-order valence-electron chi connectivity index (χ4n) is 7.07. The van der Waals surface area contributed by atoms with E-state index in [-0.39, 0.29) is 0 Å². The number of furan rings is 1. The van der Waals surface area contributed by atoms with Crippen LogP contribution in [0.15, 0.2) is 168 Å². The zero-order valence-corrected chi connectivity index (χ0v) is 26.7. The molecule has 6 heteroatoms. The van der Waals surface area contributed by atoms with E-state index in [1.54, 1.807) is 0 Å². The number of aromatic nitrogens is 5. The smallest absolute Gasteiger partial charge is 0.165 e. The summed E-state index contributed by atoms with van der Waals surface area (Å²) < 4.78 is 9.03. The van der Waals surface area contributed by atoms with Crippen molar-refractivity contribution < 1.29 is 4.42 Å². The zero-order valence-electron chi connectivity index (χ0n) is 26.7. The predicted octanol–water partition coefficient (Wildman–Crippen LogP) is 10.9. The van der Waals surface area contributed by atoms with Crippen LogP contribution in [-0.4, -0.2) is 24.5 Å². The van der Waals surface area contributed by atoms with Gasteiger partial charge in [0.15, 0.2) is 17.5 Å². The maximum absolute atomic E-state index is 6.73. The van der Waals surface area contributed by atoms with Gasteiger partial charge in [0, 0.05) is 61.7 Å². The van der Waals surface area contributed by atoms with Crippen LogP contribution < -0.4 is 0 Å². The minimum Gasteiger partial charge on any atom is -0.456 e. The molecule has 0 bridgehead atoms. The average Bonchev–Trinajstić information content (AvgIpc) is 3.72. The number of hydrogen-bond acceptors (Lipinski definition) is 5. The van der Waals surface area contributed by atoms with Gasteiger partial charge in [-0.25, -0.2) is 15.0 Å². The molecule has 0 aliphatic rings. The molecule has 10 aromatic rings. The third kappa shape index (κ3) is 4.50. The number of para-hydroxylation sites is 2. The molecule has 0 N–H and O–H groups in total. The Morgan fingerprint density at radius 1 is 0.460 bits per heavy atom. The van der Waals surface area contributed by atoms with Gasteiger partial charge in [-0.15, -0.1) is 0 Å². The van der Waals surface area contributed by atoms with E-state index in [0.29, 0.717) is 17.5 Å². The first-order valence-corrected chi connectivity index (χ1v) is 16.6. The molecule has 0 aliphatic carbocycles. The van der Waals surface area contributed by atoms with Crippen molar-refractivity contribution >= 4 is 43.7 Å². The summed E-state index contributed by atoms with van der Waals surface area (Å²) in [4.78, 5) is 20.1. The maximum atomic E-state index is 6.73. The molecule has 4 heterocycles. The Kier molecular flexibility index (Phi) is 6.39. The highest BCUT2D eigenvalue weighted by molar-refractivity contribution is 6.21. The molecule has 0 radical (unpaired) electrons. The Hall–Kier alpha value is -6.92. The van der Waals surface area contributed by atoms with Gasteiger partial charge in [-0.3, -0.25) is 4.98 Å². The molecule has 50 heavy (non-hydrogen) atoms. The van der Waals surface area contributed by atoms with Gasteiger partial charge in [-0.05, 0) is 48.5 Å². The largest absolute Gasteiger partial charge is 0.456 e. The van der Waals surface area contributed by atoms with Crippen LogP contribution >= 0.6 is 0 Å². The van der Waals surface area contributed by atoms with Crippen LogP contribution in [0.2, 0.25) is 0 Å². The summed E-state index contributed by atoms with van der Waals surface area (Å²) in [5.41, 5.74) is 9.25. The first kappa shape index (κ1) is 28.1. The van der Waals surface area contributed by atoms with E-state index in [2.05, 4.69) is 71.3 Å². The number of rotatable bonds is 5. The van der Waals surface area contributed by atoms with Crippen molar-refractivity contribution in [2.45, 2.75) is 0 Å². The molecular formula is C44H27N5O. The van der Waals surface area contributed by atoms with Gasteiger partial charge in [0.25, 0.3) is 0 Å². The third-order valence-electron chi connectivity index (χ3n) is 9.31. The lowest BCUT2D eigenvalue weighted by atomic mass is 9.96. The van der Waals surface area contributed by atoms with Crippen molar-refractivity contribution in [2.24, 2.45) is 0 Å². The van der Waals surface area contributed by atoms with Gasteiger partial charge < -0.3 is 8.98 Å². The number of nitrogens with zero attached hydrogens (tertiary/aromatic N) is 5. The number of hydrogen-bond donors (Lipinski definition) is 0. The number of pyridine rings is 1. The van der Waals surface area contributed by atoms with Crippen LogP contribution in [0.3, 0.4) is 0 Å². The molecule has 0 spiro atoms. The monoisotopic (exact) mass is 641 g/mol. The second kappa shape index (κ2) is 11.4. The first-order chi connectivity index (χ1) is 24.8. The van der Waals surface area contributed by atoms with Crippen molar-refractivity contribution in [3.8, 4) is 51.1 Å². The molecule has 6 aromatic carbocycles. The average molecular weight is 642 g/mol. The Morgan fingerprint density at radius 3 is 1.80 bits per heavy atom. The summed E-state index contributed by atoms with van der Waals surface area (Å²) >= 11 is 0. The molecule has 6 nitrogen and oxygen atoms in total. The quantitative estimate of drug-likeness (QED) is 0.187. The standard InChI is InChI=1S/C44H27N5O/c1-4-14-28(15-5-1)42-46-43(29-16-6-2-7-17-29)48-44(47-42)41-32(35-21-12-13-25-45-35)23-24-38-40(41)34-26-33-31-20-10-11-22-36(31)49(30-18-8-3-9-19-30)37(33)27-39(34)50-38/h1-27H. The Bertz CT molecular complexity index is 2790. The van der Waals surface area contributed by atoms with Crippen LogP contribution in [-0.2, 0) is 0 Å². The lowest BCUT2D eigenvalue weighted by Crippen LogP contribution is -2.01. The predicted molar refractivity (Wildman–Crippen MR) is 201 cm³/mol. The highest BCUT2D eigenvalue weighted by Crippen LogP contribution is 2.44. The topological polar surface area (TPSA) is 69.6 Å². The molecule has 0 saturated heterocycles. The van der Waals surface area contributed by atoms with Crippen LogP contribution in [0.5, 0.6) is 0 Å². The summed E-state index contributed by atoms with van der Waals surface area (Å²) in [7, 11) is 0. The molecule has 0 saturated carbocycles. The number of fused-ring (bicyclic) bond motifs is 6. The van der Waals surface area contributed by atoms with E-state index in [9.17, 15) is 0 Å². The molecule has 4 aromatic heterocycles.